The SMILES string of the molecule is Cn1cnnc1CCNC(=S)NC1CCCCC1. The van der Waals surface area contributed by atoms with Crippen molar-refractivity contribution in [3.8, 4) is 0 Å². The van der Waals surface area contributed by atoms with Crippen molar-refractivity contribution < 1.29 is 0 Å². The summed E-state index contributed by atoms with van der Waals surface area (Å²) >= 11 is 5.30. The van der Waals surface area contributed by atoms with Crippen LogP contribution in [0.15, 0.2) is 6.33 Å². The Morgan fingerprint density at radius 1 is 1.44 bits per heavy atom. The van der Waals surface area contributed by atoms with E-state index in [0.29, 0.717) is 6.04 Å². The smallest absolute Gasteiger partial charge is 0.166 e. The molecule has 0 unspecified atom stereocenters. The summed E-state index contributed by atoms with van der Waals surface area (Å²) in [6.07, 6.45) is 9.04. The molecule has 2 rings (SSSR count). The van der Waals surface area contributed by atoms with E-state index in [9.17, 15) is 0 Å². The molecule has 2 N–H and O–H groups in total. The van der Waals surface area contributed by atoms with Crippen molar-refractivity contribution in [1.29, 1.82) is 0 Å². The molecule has 18 heavy (non-hydrogen) atoms. The fourth-order valence-corrected chi connectivity index (χ4v) is 2.57. The van der Waals surface area contributed by atoms with E-state index in [1.165, 1.54) is 32.1 Å². The summed E-state index contributed by atoms with van der Waals surface area (Å²) in [4.78, 5) is 0. The van der Waals surface area contributed by atoms with Gasteiger partial charge >= 0.3 is 0 Å². The van der Waals surface area contributed by atoms with Gasteiger partial charge in [-0.25, -0.2) is 0 Å². The molecule has 1 aliphatic carbocycles. The quantitative estimate of drug-likeness (QED) is 0.802. The number of thiocarbonyl (C=S) groups is 1. The lowest BCUT2D eigenvalue weighted by molar-refractivity contribution is 0.412. The summed E-state index contributed by atoms with van der Waals surface area (Å²) in [5, 5.41) is 15.3. The third-order valence-electron chi connectivity index (χ3n) is 3.38. The number of nitrogens with one attached hydrogen (secondary N) is 2. The highest BCUT2D eigenvalue weighted by atomic mass is 32.1. The van der Waals surface area contributed by atoms with Crippen LogP contribution in [0.2, 0.25) is 0 Å². The lowest BCUT2D eigenvalue weighted by atomic mass is 9.96. The van der Waals surface area contributed by atoms with Gasteiger partial charge in [-0.2, -0.15) is 0 Å². The number of hydrogen-bond acceptors (Lipinski definition) is 3. The third-order valence-corrected chi connectivity index (χ3v) is 3.64. The molecular formula is C12H21N5S. The molecule has 0 saturated heterocycles. The van der Waals surface area contributed by atoms with E-state index in [1.807, 2.05) is 11.6 Å². The summed E-state index contributed by atoms with van der Waals surface area (Å²) in [6, 6.07) is 0.563. The van der Waals surface area contributed by atoms with Gasteiger partial charge in [0.25, 0.3) is 0 Å². The summed E-state index contributed by atoms with van der Waals surface area (Å²) in [5.74, 6) is 0.975. The Labute approximate surface area is 113 Å². The van der Waals surface area contributed by atoms with Gasteiger partial charge in [-0.1, -0.05) is 19.3 Å². The average molecular weight is 267 g/mol. The Kier molecular flexibility index (Phi) is 4.92. The zero-order valence-corrected chi connectivity index (χ0v) is 11.7. The van der Waals surface area contributed by atoms with Gasteiger partial charge in [0.15, 0.2) is 5.11 Å². The first kappa shape index (κ1) is 13.3. The fraction of sp³-hybridized carbons (Fsp3) is 0.750. The molecule has 0 atom stereocenters. The molecular weight excluding hydrogens is 246 g/mol. The van der Waals surface area contributed by atoms with Crippen LogP contribution in [-0.4, -0.2) is 32.5 Å². The minimum Gasteiger partial charge on any atom is -0.362 e. The summed E-state index contributed by atoms with van der Waals surface area (Å²) in [5.41, 5.74) is 0. The third kappa shape index (κ3) is 3.94. The van der Waals surface area contributed by atoms with Gasteiger partial charge in [-0.3, -0.25) is 0 Å². The van der Waals surface area contributed by atoms with E-state index in [1.54, 1.807) is 6.33 Å². The van der Waals surface area contributed by atoms with E-state index in [4.69, 9.17) is 12.2 Å². The minimum absolute atomic E-state index is 0.563. The van der Waals surface area contributed by atoms with Gasteiger partial charge in [-0.05, 0) is 25.1 Å². The Bertz CT molecular complexity index is 384. The fourth-order valence-electron chi connectivity index (χ4n) is 2.30. The van der Waals surface area contributed by atoms with Crippen molar-refractivity contribution in [3.05, 3.63) is 12.2 Å². The zero-order valence-electron chi connectivity index (χ0n) is 10.9. The minimum atomic E-state index is 0.563. The molecule has 0 aromatic carbocycles. The predicted molar refractivity (Wildman–Crippen MR) is 75.3 cm³/mol. The van der Waals surface area contributed by atoms with Crippen LogP contribution in [0.3, 0.4) is 0 Å². The normalized spacial score (nSPS) is 16.5. The molecule has 0 radical (unpaired) electrons. The van der Waals surface area contributed by atoms with E-state index in [2.05, 4.69) is 20.8 Å². The Balaban J connectivity index is 1.64. The standard InChI is InChI=1S/C12H21N5S/c1-17-9-14-16-11(17)7-8-13-12(18)15-10-5-3-2-4-6-10/h9-10H,2-8H2,1H3,(H2,13,15,18). The van der Waals surface area contributed by atoms with Crippen LogP contribution in [0.25, 0.3) is 0 Å². The highest BCUT2D eigenvalue weighted by Gasteiger charge is 2.13. The van der Waals surface area contributed by atoms with Crippen molar-refractivity contribution in [2.24, 2.45) is 7.05 Å². The monoisotopic (exact) mass is 267 g/mol. The molecule has 0 bridgehead atoms. The number of rotatable bonds is 4. The van der Waals surface area contributed by atoms with Crippen molar-refractivity contribution in [1.82, 2.24) is 25.4 Å². The molecule has 0 aliphatic heterocycles. The van der Waals surface area contributed by atoms with Crippen LogP contribution >= 0.6 is 12.2 Å². The van der Waals surface area contributed by atoms with Crippen LogP contribution in [0.1, 0.15) is 37.9 Å². The van der Waals surface area contributed by atoms with E-state index in [-0.39, 0.29) is 0 Å². The molecule has 1 aromatic rings. The topological polar surface area (TPSA) is 54.8 Å². The molecule has 6 heteroatoms. The van der Waals surface area contributed by atoms with Crippen LogP contribution in [0.5, 0.6) is 0 Å². The van der Waals surface area contributed by atoms with E-state index in [0.717, 1.165) is 23.9 Å². The molecule has 0 spiro atoms. The maximum Gasteiger partial charge on any atom is 0.166 e. The number of aromatic nitrogens is 3. The number of nitrogens with zero attached hydrogens (tertiary/aromatic N) is 3. The lowest BCUT2D eigenvalue weighted by Crippen LogP contribution is -2.43. The van der Waals surface area contributed by atoms with Crippen LogP contribution in [0.4, 0.5) is 0 Å². The second-order valence-corrected chi connectivity index (χ2v) is 5.25. The van der Waals surface area contributed by atoms with Gasteiger partial charge in [0.05, 0.1) is 0 Å². The van der Waals surface area contributed by atoms with Crippen LogP contribution < -0.4 is 10.6 Å². The molecule has 0 amide bonds. The van der Waals surface area contributed by atoms with E-state index >= 15 is 0 Å². The Morgan fingerprint density at radius 2 is 2.22 bits per heavy atom. The average Bonchev–Trinajstić information content (AvgIpc) is 2.76. The Morgan fingerprint density at radius 3 is 2.89 bits per heavy atom. The van der Waals surface area contributed by atoms with Gasteiger partial charge < -0.3 is 15.2 Å². The lowest BCUT2D eigenvalue weighted by Gasteiger charge is -2.24. The molecule has 1 fully saturated rings. The molecule has 1 aromatic heterocycles. The highest BCUT2D eigenvalue weighted by molar-refractivity contribution is 7.80. The van der Waals surface area contributed by atoms with Gasteiger partial charge in [0.1, 0.15) is 12.2 Å². The second kappa shape index (κ2) is 6.68. The first-order chi connectivity index (χ1) is 8.75. The molecule has 5 nitrogen and oxygen atoms in total. The molecule has 1 aliphatic rings. The number of hydrogen-bond donors (Lipinski definition) is 2. The van der Waals surface area contributed by atoms with Gasteiger partial charge in [-0.15, -0.1) is 10.2 Å². The molecule has 1 heterocycles. The second-order valence-electron chi connectivity index (χ2n) is 4.84. The first-order valence-electron chi connectivity index (χ1n) is 6.63. The zero-order chi connectivity index (χ0) is 12.8. The summed E-state index contributed by atoms with van der Waals surface area (Å²) < 4.78 is 1.93. The largest absolute Gasteiger partial charge is 0.362 e. The van der Waals surface area contributed by atoms with Gasteiger partial charge in [0.2, 0.25) is 0 Å². The van der Waals surface area contributed by atoms with Crippen molar-refractivity contribution in [2.45, 2.75) is 44.6 Å². The highest BCUT2D eigenvalue weighted by Crippen LogP contribution is 2.17. The van der Waals surface area contributed by atoms with Crippen molar-refractivity contribution in [2.75, 3.05) is 6.54 Å². The van der Waals surface area contributed by atoms with E-state index < -0.39 is 0 Å². The van der Waals surface area contributed by atoms with Crippen molar-refractivity contribution >= 4 is 17.3 Å². The molecule has 100 valence electrons. The van der Waals surface area contributed by atoms with Gasteiger partial charge in [0, 0.05) is 26.1 Å². The van der Waals surface area contributed by atoms with Crippen LogP contribution in [0, 0.1) is 0 Å². The van der Waals surface area contributed by atoms with Crippen molar-refractivity contribution in [3.63, 3.8) is 0 Å². The molecule has 1 saturated carbocycles. The maximum absolute atomic E-state index is 5.30. The Hall–Kier alpha value is -1.17. The first-order valence-corrected chi connectivity index (χ1v) is 7.04. The number of aryl methyl sites for hydroxylation is 1. The maximum atomic E-state index is 5.30. The summed E-state index contributed by atoms with van der Waals surface area (Å²) in [6.45, 7) is 0.797. The van der Waals surface area contributed by atoms with Crippen LogP contribution in [-0.2, 0) is 13.5 Å². The predicted octanol–water partition coefficient (Wildman–Crippen LogP) is 1.15. The summed E-state index contributed by atoms with van der Waals surface area (Å²) in [7, 11) is 1.95.